The molecule has 1 unspecified atom stereocenters. The van der Waals surface area contributed by atoms with Gasteiger partial charge < -0.3 is 10.1 Å². The van der Waals surface area contributed by atoms with Crippen LogP contribution in [-0.2, 0) is 6.42 Å². The molecule has 0 aliphatic heterocycles. The van der Waals surface area contributed by atoms with E-state index in [0.29, 0.717) is 6.04 Å². The van der Waals surface area contributed by atoms with E-state index in [1.165, 1.54) is 9.88 Å². The second kappa shape index (κ2) is 8.15. The molecule has 4 heteroatoms. The van der Waals surface area contributed by atoms with Crippen LogP contribution < -0.4 is 10.1 Å². The first-order valence-corrected chi connectivity index (χ1v) is 8.34. The van der Waals surface area contributed by atoms with Crippen molar-refractivity contribution in [1.82, 2.24) is 10.3 Å². The fourth-order valence-corrected chi connectivity index (χ4v) is 3.25. The van der Waals surface area contributed by atoms with Gasteiger partial charge >= 0.3 is 0 Å². The normalized spacial score (nSPS) is 12.3. The predicted octanol–water partition coefficient (Wildman–Crippen LogP) is 3.75. The van der Waals surface area contributed by atoms with Crippen molar-refractivity contribution < 1.29 is 4.74 Å². The van der Waals surface area contributed by atoms with Gasteiger partial charge in [0.1, 0.15) is 5.75 Å². The van der Waals surface area contributed by atoms with Crippen LogP contribution in [-0.4, -0.2) is 24.2 Å². The van der Waals surface area contributed by atoms with Gasteiger partial charge in [-0.1, -0.05) is 25.1 Å². The van der Waals surface area contributed by atoms with Crippen LogP contribution >= 0.6 is 11.3 Å². The number of hydrogen-bond acceptors (Lipinski definition) is 4. The molecule has 0 saturated carbocycles. The van der Waals surface area contributed by atoms with Crippen LogP contribution in [0, 0.1) is 13.8 Å². The quantitative estimate of drug-likeness (QED) is 0.806. The van der Waals surface area contributed by atoms with Gasteiger partial charge in [0.15, 0.2) is 0 Å². The Morgan fingerprint density at radius 1 is 1.24 bits per heavy atom. The largest absolute Gasteiger partial charge is 0.494 e. The summed E-state index contributed by atoms with van der Waals surface area (Å²) in [6.07, 6.45) is 1.96. The molecular weight excluding hydrogens is 280 g/mol. The molecule has 1 N–H and O–H groups in total. The molecule has 0 radical (unpaired) electrons. The lowest BCUT2D eigenvalue weighted by molar-refractivity contribution is 0.285. The van der Waals surface area contributed by atoms with Crippen LogP contribution in [0.1, 0.15) is 28.9 Å². The van der Waals surface area contributed by atoms with Crippen molar-refractivity contribution in [3.63, 3.8) is 0 Å². The highest BCUT2D eigenvalue weighted by Gasteiger charge is 2.12. The Kier molecular flexibility index (Phi) is 6.21. The van der Waals surface area contributed by atoms with E-state index in [1.54, 1.807) is 11.3 Å². The third kappa shape index (κ3) is 5.14. The number of nitrogens with zero attached hydrogens (tertiary/aromatic N) is 1. The summed E-state index contributed by atoms with van der Waals surface area (Å²) < 4.78 is 5.79. The summed E-state index contributed by atoms with van der Waals surface area (Å²) in [5.74, 6) is 0.939. The molecular formula is C17H24N2OS. The molecule has 0 fully saturated rings. The van der Waals surface area contributed by atoms with Gasteiger partial charge in [-0.15, -0.1) is 11.3 Å². The predicted molar refractivity (Wildman–Crippen MR) is 89.3 cm³/mol. The minimum absolute atomic E-state index is 0.420. The Balaban J connectivity index is 1.84. The number of likely N-dealkylation sites (N-methyl/N-ethyl adjacent to an activating group) is 1. The van der Waals surface area contributed by atoms with Gasteiger partial charge in [0.25, 0.3) is 0 Å². The SMILES string of the molecule is CCNC(CCOc1ccccc1)Cc1nc(C)c(C)s1. The van der Waals surface area contributed by atoms with Crippen molar-refractivity contribution in [2.24, 2.45) is 0 Å². The van der Waals surface area contributed by atoms with E-state index in [4.69, 9.17) is 4.74 Å². The van der Waals surface area contributed by atoms with Gasteiger partial charge in [-0.05, 0) is 38.9 Å². The molecule has 1 aromatic carbocycles. The Labute approximate surface area is 131 Å². The highest BCUT2D eigenvalue weighted by Crippen LogP contribution is 2.18. The molecule has 2 rings (SSSR count). The first kappa shape index (κ1) is 16.0. The topological polar surface area (TPSA) is 34.1 Å². The first-order valence-electron chi connectivity index (χ1n) is 7.53. The van der Waals surface area contributed by atoms with Gasteiger partial charge in [0.05, 0.1) is 17.3 Å². The molecule has 1 aromatic heterocycles. The summed E-state index contributed by atoms with van der Waals surface area (Å²) in [5.41, 5.74) is 1.16. The third-order valence-corrected chi connectivity index (χ3v) is 4.56. The zero-order valence-electron chi connectivity index (χ0n) is 13.1. The van der Waals surface area contributed by atoms with Gasteiger partial charge in [0, 0.05) is 17.3 Å². The minimum atomic E-state index is 0.420. The average molecular weight is 304 g/mol. The van der Waals surface area contributed by atoms with Crippen molar-refractivity contribution in [1.29, 1.82) is 0 Å². The van der Waals surface area contributed by atoms with Gasteiger partial charge in [-0.3, -0.25) is 0 Å². The lowest BCUT2D eigenvalue weighted by Crippen LogP contribution is -2.32. The standard InChI is InChI=1S/C17H24N2OS/c1-4-18-15(12-17-19-13(2)14(3)21-17)10-11-20-16-8-6-5-7-9-16/h5-9,15,18H,4,10-12H2,1-3H3. The summed E-state index contributed by atoms with van der Waals surface area (Å²) in [5, 5.41) is 4.75. The minimum Gasteiger partial charge on any atom is -0.494 e. The number of hydrogen-bond donors (Lipinski definition) is 1. The lowest BCUT2D eigenvalue weighted by Gasteiger charge is -2.17. The molecule has 0 aliphatic carbocycles. The molecule has 2 aromatic rings. The van der Waals surface area contributed by atoms with E-state index in [-0.39, 0.29) is 0 Å². The second-order valence-corrected chi connectivity index (χ2v) is 6.45. The van der Waals surface area contributed by atoms with Crippen molar-refractivity contribution in [2.45, 2.75) is 39.7 Å². The number of aryl methyl sites for hydroxylation is 2. The van der Waals surface area contributed by atoms with Gasteiger partial charge in [-0.2, -0.15) is 0 Å². The average Bonchev–Trinajstić information content (AvgIpc) is 2.78. The summed E-state index contributed by atoms with van der Waals surface area (Å²) in [7, 11) is 0. The van der Waals surface area contributed by atoms with Crippen LogP contribution in [0.15, 0.2) is 30.3 Å². The molecule has 0 aliphatic rings. The number of ether oxygens (including phenoxy) is 1. The second-order valence-electron chi connectivity index (χ2n) is 5.16. The molecule has 1 heterocycles. The van der Waals surface area contributed by atoms with Crippen LogP contribution in [0.4, 0.5) is 0 Å². The number of nitrogens with one attached hydrogen (secondary N) is 1. The van der Waals surface area contributed by atoms with E-state index in [2.05, 4.69) is 31.1 Å². The highest BCUT2D eigenvalue weighted by molar-refractivity contribution is 7.11. The van der Waals surface area contributed by atoms with E-state index in [0.717, 1.165) is 37.4 Å². The molecule has 114 valence electrons. The summed E-state index contributed by atoms with van der Waals surface area (Å²) in [6, 6.07) is 10.4. The highest BCUT2D eigenvalue weighted by atomic mass is 32.1. The molecule has 3 nitrogen and oxygen atoms in total. The van der Waals surface area contributed by atoms with Gasteiger partial charge in [-0.25, -0.2) is 4.98 Å². The van der Waals surface area contributed by atoms with E-state index < -0.39 is 0 Å². The molecule has 1 atom stereocenters. The number of rotatable bonds is 8. The maximum atomic E-state index is 5.79. The lowest BCUT2D eigenvalue weighted by atomic mass is 10.1. The fourth-order valence-electron chi connectivity index (χ4n) is 2.24. The van der Waals surface area contributed by atoms with Crippen molar-refractivity contribution >= 4 is 11.3 Å². The van der Waals surface area contributed by atoms with E-state index in [9.17, 15) is 0 Å². The molecule has 0 spiro atoms. The molecule has 0 amide bonds. The van der Waals surface area contributed by atoms with Crippen molar-refractivity contribution in [2.75, 3.05) is 13.2 Å². The Morgan fingerprint density at radius 3 is 2.62 bits per heavy atom. The first-order chi connectivity index (χ1) is 10.2. The fraction of sp³-hybridized carbons (Fsp3) is 0.471. The summed E-state index contributed by atoms with van der Waals surface area (Å²) >= 11 is 1.81. The van der Waals surface area contributed by atoms with Crippen LogP contribution in [0.2, 0.25) is 0 Å². The maximum Gasteiger partial charge on any atom is 0.119 e. The van der Waals surface area contributed by atoms with Crippen LogP contribution in [0.5, 0.6) is 5.75 Å². The van der Waals surface area contributed by atoms with Gasteiger partial charge in [0.2, 0.25) is 0 Å². The zero-order valence-corrected chi connectivity index (χ0v) is 13.9. The molecule has 21 heavy (non-hydrogen) atoms. The smallest absolute Gasteiger partial charge is 0.119 e. The molecule has 0 bridgehead atoms. The monoisotopic (exact) mass is 304 g/mol. The Bertz CT molecular complexity index is 519. The zero-order chi connectivity index (χ0) is 15.1. The summed E-state index contributed by atoms with van der Waals surface area (Å²) in [4.78, 5) is 5.96. The summed E-state index contributed by atoms with van der Waals surface area (Å²) in [6.45, 7) is 8.06. The van der Waals surface area contributed by atoms with Crippen LogP contribution in [0.25, 0.3) is 0 Å². The Morgan fingerprint density at radius 2 is 2.00 bits per heavy atom. The van der Waals surface area contributed by atoms with E-state index >= 15 is 0 Å². The number of para-hydroxylation sites is 1. The number of benzene rings is 1. The van der Waals surface area contributed by atoms with Crippen molar-refractivity contribution in [3.8, 4) is 5.75 Å². The maximum absolute atomic E-state index is 5.79. The Hall–Kier alpha value is -1.39. The third-order valence-electron chi connectivity index (χ3n) is 3.46. The van der Waals surface area contributed by atoms with E-state index in [1.807, 2.05) is 30.3 Å². The van der Waals surface area contributed by atoms with Crippen LogP contribution in [0.3, 0.4) is 0 Å². The van der Waals surface area contributed by atoms with Crippen molar-refractivity contribution in [3.05, 3.63) is 45.9 Å². The number of aromatic nitrogens is 1. The number of thiazole rings is 1. The molecule has 0 saturated heterocycles.